The van der Waals surface area contributed by atoms with Crippen LogP contribution in [0.1, 0.15) is 38.3 Å². The van der Waals surface area contributed by atoms with E-state index in [2.05, 4.69) is 6.92 Å². The molecule has 1 N–H and O–H groups in total. The Bertz CT molecular complexity index is 293. The van der Waals surface area contributed by atoms with Crippen molar-refractivity contribution in [1.82, 2.24) is 0 Å². The predicted octanol–water partition coefficient (Wildman–Crippen LogP) is 3.69. The Morgan fingerprint density at radius 1 is 1.27 bits per heavy atom. The third-order valence-corrected chi connectivity index (χ3v) is 2.08. The van der Waals surface area contributed by atoms with E-state index < -0.39 is 0 Å². The fourth-order valence-electron chi connectivity index (χ4n) is 1.41. The summed E-state index contributed by atoms with van der Waals surface area (Å²) in [5.41, 5.74) is 2.09. The van der Waals surface area contributed by atoms with Gasteiger partial charge in [-0.15, -0.1) is 0 Å². The molecule has 15 heavy (non-hydrogen) atoms. The summed E-state index contributed by atoms with van der Waals surface area (Å²) in [6.07, 6.45) is 2.13. The molecule has 1 aromatic rings. The van der Waals surface area contributed by atoms with Gasteiger partial charge in [0, 0.05) is 0 Å². The van der Waals surface area contributed by atoms with Crippen molar-refractivity contribution in [3.63, 3.8) is 0 Å². The molecule has 0 aliphatic rings. The van der Waals surface area contributed by atoms with Gasteiger partial charge in [0.05, 0.1) is 7.11 Å². The highest BCUT2D eigenvalue weighted by atomic mass is 16.5. The first-order chi connectivity index (χ1) is 7.19. The maximum absolute atomic E-state index is 9.57. The first-order valence-corrected chi connectivity index (χ1v) is 5.55. The zero-order valence-electron chi connectivity index (χ0n) is 10.4. The van der Waals surface area contributed by atoms with Crippen molar-refractivity contribution in [3.05, 3.63) is 23.3 Å². The van der Waals surface area contributed by atoms with Gasteiger partial charge in [0.1, 0.15) is 0 Å². The number of hydrogen-bond acceptors (Lipinski definition) is 2. The molecular formula is C13H22O2. The molecule has 0 atom stereocenters. The Morgan fingerprint density at radius 3 is 2.33 bits per heavy atom. The topological polar surface area (TPSA) is 29.5 Å². The highest BCUT2D eigenvalue weighted by Crippen LogP contribution is 2.30. The lowest BCUT2D eigenvalue weighted by molar-refractivity contribution is 0.371. The van der Waals surface area contributed by atoms with Crippen LogP contribution in [0.15, 0.2) is 12.1 Å². The van der Waals surface area contributed by atoms with Crippen molar-refractivity contribution in [1.29, 1.82) is 0 Å². The molecule has 0 aliphatic heterocycles. The molecule has 0 aliphatic carbocycles. The van der Waals surface area contributed by atoms with Gasteiger partial charge < -0.3 is 9.84 Å². The van der Waals surface area contributed by atoms with Crippen LogP contribution in [0.3, 0.4) is 0 Å². The summed E-state index contributed by atoms with van der Waals surface area (Å²) >= 11 is 0. The second kappa shape index (κ2) is 7.16. The number of phenols is 1. The van der Waals surface area contributed by atoms with E-state index in [1.54, 1.807) is 7.11 Å². The quantitative estimate of drug-likeness (QED) is 0.824. The summed E-state index contributed by atoms with van der Waals surface area (Å²) in [5, 5.41) is 9.57. The summed E-state index contributed by atoms with van der Waals surface area (Å²) in [7, 11) is 1.57. The molecule has 86 valence electrons. The molecule has 0 saturated carbocycles. The Morgan fingerprint density at radius 2 is 1.87 bits per heavy atom. The van der Waals surface area contributed by atoms with Crippen LogP contribution in [0.2, 0.25) is 0 Å². The molecule has 1 aromatic carbocycles. The van der Waals surface area contributed by atoms with E-state index in [0.29, 0.717) is 5.75 Å². The number of ether oxygens (including phenoxy) is 1. The Balaban J connectivity index is 0.000000921. The molecule has 0 bridgehead atoms. The van der Waals surface area contributed by atoms with E-state index in [4.69, 9.17) is 4.74 Å². The smallest absolute Gasteiger partial charge is 0.161 e. The van der Waals surface area contributed by atoms with Gasteiger partial charge in [-0.1, -0.05) is 33.3 Å². The number of hydrogen-bond donors (Lipinski definition) is 1. The summed E-state index contributed by atoms with van der Waals surface area (Å²) in [4.78, 5) is 0. The number of phenolic OH excluding ortho intramolecular Hbond substituents is 1. The molecular weight excluding hydrogens is 188 g/mol. The number of rotatable bonds is 3. The van der Waals surface area contributed by atoms with Crippen LogP contribution in [-0.4, -0.2) is 12.2 Å². The van der Waals surface area contributed by atoms with Gasteiger partial charge >= 0.3 is 0 Å². The fraction of sp³-hybridized carbons (Fsp3) is 0.538. The van der Waals surface area contributed by atoms with Crippen molar-refractivity contribution in [2.75, 3.05) is 7.11 Å². The molecule has 0 aromatic heterocycles. The largest absolute Gasteiger partial charge is 0.504 e. The van der Waals surface area contributed by atoms with E-state index in [9.17, 15) is 5.11 Å². The number of aryl methyl sites for hydroxylation is 2. The van der Waals surface area contributed by atoms with E-state index in [1.165, 1.54) is 5.56 Å². The van der Waals surface area contributed by atoms with Crippen LogP contribution in [0.25, 0.3) is 0 Å². The van der Waals surface area contributed by atoms with Crippen molar-refractivity contribution < 1.29 is 9.84 Å². The van der Waals surface area contributed by atoms with Crippen LogP contribution in [-0.2, 0) is 6.42 Å². The lowest BCUT2D eigenvalue weighted by Crippen LogP contribution is -1.90. The second-order valence-corrected chi connectivity index (χ2v) is 3.21. The normalized spacial score (nSPS) is 9.13. The zero-order chi connectivity index (χ0) is 11.8. The van der Waals surface area contributed by atoms with Gasteiger partial charge in [-0.05, 0) is 30.5 Å². The van der Waals surface area contributed by atoms with Crippen molar-refractivity contribution in [2.45, 2.75) is 40.5 Å². The summed E-state index contributed by atoms with van der Waals surface area (Å²) in [6.45, 7) is 8.02. The second-order valence-electron chi connectivity index (χ2n) is 3.21. The Hall–Kier alpha value is -1.18. The molecule has 2 heteroatoms. The highest BCUT2D eigenvalue weighted by molar-refractivity contribution is 5.47. The SMILES string of the molecule is CC.CCCc1cc(C)c(O)c(OC)c1. The number of methoxy groups -OCH3 is 1. The monoisotopic (exact) mass is 210 g/mol. The molecule has 0 fully saturated rings. The third-order valence-electron chi connectivity index (χ3n) is 2.08. The van der Waals surface area contributed by atoms with Crippen LogP contribution < -0.4 is 4.74 Å². The first-order valence-electron chi connectivity index (χ1n) is 5.55. The number of aromatic hydroxyl groups is 1. The molecule has 0 radical (unpaired) electrons. The Labute approximate surface area is 92.9 Å². The minimum Gasteiger partial charge on any atom is -0.504 e. The van der Waals surface area contributed by atoms with E-state index in [0.717, 1.165) is 18.4 Å². The lowest BCUT2D eigenvalue weighted by atomic mass is 10.1. The molecule has 2 nitrogen and oxygen atoms in total. The van der Waals surface area contributed by atoms with Crippen LogP contribution in [0, 0.1) is 6.92 Å². The van der Waals surface area contributed by atoms with Crippen molar-refractivity contribution in [2.24, 2.45) is 0 Å². The van der Waals surface area contributed by atoms with Crippen LogP contribution in [0.4, 0.5) is 0 Å². The van der Waals surface area contributed by atoms with Crippen molar-refractivity contribution in [3.8, 4) is 11.5 Å². The van der Waals surface area contributed by atoms with Gasteiger partial charge in [-0.2, -0.15) is 0 Å². The van der Waals surface area contributed by atoms with Crippen LogP contribution >= 0.6 is 0 Å². The summed E-state index contributed by atoms with van der Waals surface area (Å²) in [6, 6.07) is 3.90. The highest BCUT2D eigenvalue weighted by Gasteiger charge is 2.06. The summed E-state index contributed by atoms with van der Waals surface area (Å²) < 4.78 is 5.06. The molecule has 0 saturated heterocycles. The average molecular weight is 210 g/mol. The Kier molecular flexibility index (Phi) is 6.59. The average Bonchev–Trinajstić information content (AvgIpc) is 2.26. The lowest BCUT2D eigenvalue weighted by Gasteiger charge is -2.08. The minimum absolute atomic E-state index is 0.252. The maximum atomic E-state index is 9.57. The van der Waals surface area contributed by atoms with E-state index in [1.807, 2.05) is 32.9 Å². The minimum atomic E-state index is 0.252. The molecule has 1 rings (SSSR count). The molecule has 0 amide bonds. The fourth-order valence-corrected chi connectivity index (χ4v) is 1.41. The maximum Gasteiger partial charge on any atom is 0.161 e. The van der Waals surface area contributed by atoms with E-state index in [-0.39, 0.29) is 5.75 Å². The molecule has 0 spiro atoms. The van der Waals surface area contributed by atoms with Gasteiger partial charge in [0.2, 0.25) is 0 Å². The first kappa shape index (κ1) is 13.8. The van der Waals surface area contributed by atoms with Crippen molar-refractivity contribution >= 4 is 0 Å². The standard InChI is InChI=1S/C11H16O2.C2H6/c1-4-5-9-6-8(2)11(12)10(7-9)13-3;1-2/h6-7,12H,4-5H2,1-3H3;1-2H3. The van der Waals surface area contributed by atoms with Gasteiger partial charge in [-0.25, -0.2) is 0 Å². The molecule has 0 heterocycles. The van der Waals surface area contributed by atoms with Gasteiger partial charge in [-0.3, -0.25) is 0 Å². The predicted molar refractivity (Wildman–Crippen MR) is 64.7 cm³/mol. The van der Waals surface area contributed by atoms with Gasteiger partial charge in [0.25, 0.3) is 0 Å². The number of benzene rings is 1. The summed E-state index contributed by atoms with van der Waals surface area (Å²) in [5.74, 6) is 0.825. The zero-order valence-corrected chi connectivity index (χ0v) is 10.4. The van der Waals surface area contributed by atoms with Crippen LogP contribution in [0.5, 0.6) is 11.5 Å². The third kappa shape index (κ3) is 3.82. The van der Waals surface area contributed by atoms with E-state index >= 15 is 0 Å². The molecule has 0 unspecified atom stereocenters. The van der Waals surface area contributed by atoms with Gasteiger partial charge in [0.15, 0.2) is 11.5 Å².